The molecule has 0 aliphatic heterocycles. The van der Waals surface area contributed by atoms with Gasteiger partial charge in [-0.05, 0) is 60.9 Å². The van der Waals surface area contributed by atoms with Crippen LogP contribution in [0.1, 0.15) is 27.3 Å². The zero-order valence-electron chi connectivity index (χ0n) is 18.0. The monoisotopic (exact) mass is 441 g/mol. The minimum absolute atomic E-state index is 0.0586. The van der Waals surface area contributed by atoms with E-state index >= 15 is 0 Å². The van der Waals surface area contributed by atoms with E-state index in [2.05, 4.69) is 15.4 Å². The summed E-state index contributed by atoms with van der Waals surface area (Å²) in [5.41, 5.74) is 4.05. The molecule has 0 atom stereocenters. The van der Waals surface area contributed by atoms with Gasteiger partial charge in [0, 0.05) is 5.69 Å². The van der Waals surface area contributed by atoms with E-state index in [9.17, 15) is 14.0 Å². The number of nitrogens with zero attached hydrogens (tertiary/aromatic N) is 4. The number of anilines is 1. The van der Waals surface area contributed by atoms with Crippen LogP contribution in [0.25, 0.3) is 16.7 Å². The Hall–Kier alpha value is -4.33. The Kier molecular flexibility index (Phi) is 4.97. The zero-order chi connectivity index (χ0) is 23.1. The van der Waals surface area contributed by atoms with E-state index in [1.54, 1.807) is 11.5 Å². The first-order valence-electron chi connectivity index (χ1n) is 10.4. The predicted molar refractivity (Wildman–Crippen MR) is 124 cm³/mol. The van der Waals surface area contributed by atoms with Crippen LogP contribution >= 0.6 is 0 Å². The molecule has 7 nitrogen and oxygen atoms in total. The number of rotatable bonds is 4. The predicted octanol–water partition coefficient (Wildman–Crippen LogP) is 4.10. The maximum Gasteiger partial charge on any atom is 0.296 e. The van der Waals surface area contributed by atoms with Gasteiger partial charge in [0.1, 0.15) is 5.82 Å². The van der Waals surface area contributed by atoms with E-state index in [1.165, 1.54) is 22.7 Å². The highest BCUT2D eigenvalue weighted by atomic mass is 19.1. The molecule has 0 aliphatic rings. The number of nitrogens with one attached hydrogen (secondary N) is 1. The highest BCUT2D eigenvalue weighted by Crippen LogP contribution is 2.19. The molecule has 5 aromatic rings. The van der Waals surface area contributed by atoms with Crippen LogP contribution in [0.5, 0.6) is 0 Å². The van der Waals surface area contributed by atoms with Crippen LogP contribution in [0, 0.1) is 19.7 Å². The molecule has 0 unspecified atom stereocenters. The fraction of sp³-hybridized carbons (Fsp3) is 0.120. The summed E-state index contributed by atoms with van der Waals surface area (Å²) in [4.78, 5) is 30.5. The lowest BCUT2D eigenvalue weighted by atomic mass is 10.2. The zero-order valence-corrected chi connectivity index (χ0v) is 18.0. The Morgan fingerprint density at radius 3 is 2.55 bits per heavy atom. The lowest BCUT2D eigenvalue weighted by Crippen LogP contribution is -2.24. The molecule has 0 bridgehead atoms. The summed E-state index contributed by atoms with van der Waals surface area (Å²) in [5.74, 6) is -1.12. The minimum Gasteiger partial charge on any atom is -0.319 e. The minimum atomic E-state index is -0.581. The van der Waals surface area contributed by atoms with Crippen LogP contribution in [0.15, 0.2) is 71.5 Å². The number of carbonyl (C=O) groups excluding carboxylic acids is 1. The molecule has 0 radical (unpaired) electrons. The fourth-order valence-corrected chi connectivity index (χ4v) is 3.84. The molecule has 0 saturated heterocycles. The quantitative estimate of drug-likeness (QED) is 0.455. The van der Waals surface area contributed by atoms with Gasteiger partial charge in [0.15, 0.2) is 0 Å². The van der Waals surface area contributed by atoms with Gasteiger partial charge in [-0.15, -0.1) is 5.10 Å². The van der Waals surface area contributed by atoms with Gasteiger partial charge in [-0.1, -0.05) is 36.4 Å². The van der Waals surface area contributed by atoms with Gasteiger partial charge in [0.05, 0.1) is 17.6 Å². The summed E-state index contributed by atoms with van der Waals surface area (Å²) in [6.07, 6.45) is 0. The van der Waals surface area contributed by atoms with Crippen LogP contribution in [0.2, 0.25) is 0 Å². The average molecular weight is 441 g/mol. The summed E-state index contributed by atoms with van der Waals surface area (Å²) in [6.45, 7) is 4.00. The van der Waals surface area contributed by atoms with Crippen molar-refractivity contribution < 1.29 is 9.18 Å². The largest absolute Gasteiger partial charge is 0.319 e. The van der Waals surface area contributed by atoms with Crippen molar-refractivity contribution in [1.29, 1.82) is 0 Å². The van der Waals surface area contributed by atoms with Crippen molar-refractivity contribution in [1.82, 2.24) is 19.2 Å². The van der Waals surface area contributed by atoms with Gasteiger partial charge < -0.3 is 5.32 Å². The van der Waals surface area contributed by atoms with E-state index in [0.29, 0.717) is 28.8 Å². The lowest BCUT2D eigenvalue weighted by Gasteiger charge is -2.12. The third-order valence-electron chi connectivity index (χ3n) is 5.52. The molecule has 0 saturated carbocycles. The third-order valence-corrected chi connectivity index (χ3v) is 5.52. The molecule has 8 heteroatoms. The molecule has 0 aliphatic carbocycles. The number of hydrogen-bond acceptors (Lipinski definition) is 4. The first-order chi connectivity index (χ1) is 15.9. The molecular formula is C25H20FN5O2. The second kappa shape index (κ2) is 7.98. The number of benzene rings is 3. The van der Waals surface area contributed by atoms with E-state index in [4.69, 9.17) is 0 Å². The standard InChI is InChI=1S/C25H20FN5O2/c1-15-8-11-20-21(12-15)30(14-17-6-4-3-5-7-17)25(33)23-28-22(29-31(20)23)24(32)27-19-10-9-18(26)13-16(19)2/h3-13H,14H2,1-2H3,(H,27,32). The molecule has 0 spiro atoms. The first kappa shape index (κ1) is 20.6. The van der Waals surface area contributed by atoms with Crippen molar-refractivity contribution in [2.45, 2.75) is 20.4 Å². The number of hydrogen-bond donors (Lipinski definition) is 1. The van der Waals surface area contributed by atoms with E-state index in [0.717, 1.165) is 11.1 Å². The topological polar surface area (TPSA) is 81.3 Å². The molecule has 164 valence electrons. The lowest BCUT2D eigenvalue weighted by molar-refractivity contribution is 0.101. The number of halogens is 1. The summed E-state index contributed by atoms with van der Waals surface area (Å²) in [7, 11) is 0. The number of aryl methyl sites for hydroxylation is 2. The van der Waals surface area contributed by atoms with Gasteiger partial charge in [-0.3, -0.25) is 14.2 Å². The molecule has 1 N–H and O–H groups in total. The Morgan fingerprint density at radius 2 is 1.79 bits per heavy atom. The summed E-state index contributed by atoms with van der Waals surface area (Å²) < 4.78 is 16.4. The Labute approximate surface area is 188 Å². The average Bonchev–Trinajstić information content (AvgIpc) is 3.25. The molecule has 2 heterocycles. The normalized spacial score (nSPS) is 11.2. The van der Waals surface area contributed by atoms with E-state index in [1.807, 2.05) is 55.5 Å². The van der Waals surface area contributed by atoms with Crippen molar-refractivity contribution in [2.75, 3.05) is 5.32 Å². The van der Waals surface area contributed by atoms with Crippen LogP contribution in [-0.4, -0.2) is 25.1 Å². The van der Waals surface area contributed by atoms with Crippen LogP contribution in [-0.2, 0) is 6.54 Å². The molecular weight excluding hydrogens is 421 g/mol. The van der Waals surface area contributed by atoms with Gasteiger partial charge in [0.2, 0.25) is 11.5 Å². The number of carbonyl (C=O) groups is 1. The van der Waals surface area contributed by atoms with E-state index in [-0.39, 0.29) is 17.0 Å². The Bertz CT molecular complexity index is 1590. The van der Waals surface area contributed by atoms with Crippen molar-refractivity contribution in [3.05, 3.63) is 105 Å². The smallest absolute Gasteiger partial charge is 0.296 e. The van der Waals surface area contributed by atoms with Crippen LogP contribution < -0.4 is 10.9 Å². The van der Waals surface area contributed by atoms with Gasteiger partial charge in [-0.2, -0.15) is 4.98 Å². The maximum absolute atomic E-state index is 13.4. The number of amides is 1. The highest BCUT2D eigenvalue weighted by Gasteiger charge is 2.20. The van der Waals surface area contributed by atoms with Crippen LogP contribution in [0.4, 0.5) is 10.1 Å². The van der Waals surface area contributed by atoms with E-state index < -0.39 is 11.7 Å². The van der Waals surface area contributed by atoms with Gasteiger partial charge >= 0.3 is 0 Å². The molecule has 1 amide bonds. The number of aromatic nitrogens is 4. The van der Waals surface area contributed by atoms with Crippen molar-refractivity contribution in [3.8, 4) is 0 Å². The third kappa shape index (κ3) is 3.76. The van der Waals surface area contributed by atoms with Gasteiger partial charge in [-0.25, -0.2) is 8.91 Å². The molecule has 5 rings (SSSR count). The Morgan fingerprint density at radius 1 is 1.00 bits per heavy atom. The molecule has 33 heavy (non-hydrogen) atoms. The fourth-order valence-electron chi connectivity index (χ4n) is 3.84. The maximum atomic E-state index is 13.4. The van der Waals surface area contributed by atoms with Crippen molar-refractivity contribution >= 4 is 28.3 Å². The highest BCUT2D eigenvalue weighted by molar-refractivity contribution is 6.02. The number of fused-ring (bicyclic) bond motifs is 3. The molecule has 2 aromatic heterocycles. The second-order valence-corrected chi connectivity index (χ2v) is 7.95. The SMILES string of the molecule is Cc1ccc2c(c1)n(Cc1ccccc1)c(=O)c1nc(C(=O)Nc3ccc(F)cc3C)nn12. The van der Waals surface area contributed by atoms with Crippen LogP contribution in [0.3, 0.4) is 0 Å². The first-order valence-corrected chi connectivity index (χ1v) is 10.4. The Balaban J connectivity index is 1.64. The summed E-state index contributed by atoms with van der Waals surface area (Å²) in [5, 5.41) is 7.02. The van der Waals surface area contributed by atoms with Crippen molar-refractivity contribution in [2.24, 2.45) is 0 Å². The summed E-state index contributed by atoms with van der Waals surface area (Å²) in [6, 6.07) is 19.4. The second-order valence-electron chi connectivity index (χ2n) is 7.95. The van der Waals surface area contributed by atoms with Crippen molar-refractivity contribution in [3.63, 3.8) is 0 Å². The van der Waals surface area contributed by atoms with Gasteiger partial charge in [0.25, 0.3) is 11.5 Å². The summed E-state index contributed by atoms with van der Waals surface area (Å²) >= 11 is 0. The molecule has 3 aromatic carbocycles. The molecule has 0 fully saturated rings.